The lowest BCUT2D eigenvalue weighted by atomic mass is 9.74. The average Bonchev–Trinajstić information content (AvgIpc) is 3.27. The van der Waals surface area contributed by atoms with Crippen molar-refractivity contribution in [2.45, 2.75) is 44.1 Å². The standard InChI is InChI=1S/C21H28N2O4/c1-22(12-13-23-10-2-3-11-23)19(25)15-6-8-21(9-7-15)18-5-4-16(24)14-17(18)20(26)27-21/h4-5,14-15,24H,2-3,6-13H2,1H3/t15-,21-. The van der Waals surface area contributed by atoms with Crippen molar-refractivity contribution in [1.82, 2.24) is 9.80 Å². The van der Waals surface area contributed by atoms with Crippen molar-refractivity contribution in [1.29, 1.82) is 0 Å². The van der Waals surface area contributed by atoms with Gasteiger partial charge in [-0.1, -0.05) is 6.07 Å². The highest BCUT2D eigenvalue weighted by atomic mass is 16.6. The van der Waals surface area contributed by atoms with Crippen LogP contribution in [0.5, 0.6) is 5.75 Å². The first-order chi connectivity index (χ1) is 13.0. The number of hydrogen-bond acceptors (Lipinski definition) is 5. The van der Waals surface area contributed by atoms with Crippen LogP contribution in [0, 0.1) is 5.92 Å². The molecule has 0 unspecified atom stereocenters. The number of likely N-dealkylation sites (tertiary alicyclic amines) is 1. The number of amides is 1. The second kappa shape index (κ2) is 7.15. The largest absolute Gasteiger partial charge is 0.508 e. The first-order valence-corrected chi connectivity index (χ1v) is 10.0. The molecule has 2 aliphatic heterocycles. The zero-order valence-corrected chi connectivity index (χ0v) is 15.9. The van der Waals surface area contributed by atoms with Crippen LogP contribution in [-0.2, 0) is 15.1 Å². The molecule has 2 fully saturated rings. The maximum Gasteiger partial charge on any atom is 0.339 e. The summed E-state index contributed by atoms with van der Waals surface area (Å²) < 4.78 is 5.74. The summed E-state index contributed by atoms with van der Waals surface area (Å²) in [6, 6.07) is 4.88. The average molecular weight is 372 g/mol. The van der Waals surface area contributed by atoms with Crippen LogP contribution in [0.25, 0.3) is 0 Å². The summed E-state index contributed by atoms with van der Waals surface area (Å²) in [5, 5.41) is 9.64. The Morgan fingerprint density at radius 3 is 2.70 bits per heavy atom. The van der Waals surface area contributed by atoms with Gasteiger partial charge >= 0.3 is 5.97 Å². The van der Waals surface area contributed by atoms with Crippen molar-refractivity contribution in [2.24, 2.45) is 5.92 Å². The van der Waals surface area contributed by atoms with Gasteiger partial charge in [0, 0.05) is 31.6 Å². The Kier molecular flexibility index (Phi) is 4.84. The van der Waals surface area contributed by atoms with E-state index in [0.29, 0.717) is 18.4 Å². The van der Waals surface area contributed by atoms with E-state index in [9.17, 15) is 14.7 Å². The van der Waals surface area contributed by atoms with Crippen LogP contribution in [-0.4, -0.2) is 60.0 Å². The van der Waals surface area contributed by atoms with Crippen molar-refractivity contribution in [3.05, 3.63) is 29.3 Å². The fourth-order valence-electron chi connectivity index (χ4n) is 4.81. The van der Waals surface area contributed by atoms with Crippen LogP contribution in [0.3, 0.4) is 0 Å². The third-order valence-electron chi connectivity index (χ3n) is 6.47. The monoisotopic (exact) mass is 372 g/mol. The molecule has 146 valence electrons. The SMILES string of the molecule is CN(CCN1CCCC1)C(=O)[C@H]1CC[C@@]2(CC1)OC(=O)c1cc(O)ccc12. The first kappa shape index (κ1) is 18.3. The molecule has 6 heteroatoms. The number of hydrogen-bond donors (Lipinski definition) is 1. The molecule has 1 aliphatic carbocycles. The number of benzene rings is 1. The van der Waals surface area contributed by atoms with Gasteiger partial charge in [-0.2, -0.15) is 0 Å². The molecule has 1 aromatic carbocycles. The third kappa shape index (κ3) is 3.43. The number of ether oxygens (including phenoxy) is 1. The van der Waals surface area contributed by atoms with Crippen molar-refractivity contribution in [2.75, 3.05) is 33.2 Å². The molecule has 6 nitrogen and oxygen atoms in total. The number of esters is 1. The van der Waals surface area contributed by atoms with Gasteiger partial charge in [-0.15, -0.1) is 0 Å². The Labute approximate surface area is 160 Å². The smallest absolute Gasteiger partial charge is 0.339 e. The molecule has 1 spiro atoms. The molecule has 1 aromatic rings. The zero-order chi connectivity index (χ0) is 19.0. The highest BCUT2D eigenvalue weighted by molar-refractivity contribution is 5.95. The summed E-state index contributed by atoms with van der Waals surface area (Å²) in [4.78, 5) is 29.3. The van der Waals surface area contributed by atoms with Gasteiger partial charge in [0.2, 0.25) is 5.91 Å². The molecule has 0 bridgehead atoms. The molecular formula is C21H28N2O4. The predicted molar refractivity (Wildman–Crippen MR) is 100 cm³/mol. The van der Waals surface area contributed by atoms with Crippen LogP contribution in [0.15, 0.2) is 18.2 Å². The van der Waals surface area contributed by atoms with Crippen LogP contribution in [0.4, 0.5) is 0 Å². The first-order valence-electron chi connectivity index (χ1n) is 10.0. The summed E-state index contributed by atoms with van der Waals surface area (Å²) >= 11 is 0. The Bertz CT molecular complexity index is 734. The molecule has 1 N–H and O–H groups in total. The molecule has 2 heterocycles. The Morgan fingerprint density at radius 2 is 2.00 bits per heavy atom. The molecule has 27 heavy (non-hydrogen) atoms. The fraction of sp³-hybridized carbons (Fsp3) is 0.619. The minimum Gasteiger partial charge on any atom is -0.508 e. The van der Waals surface area contributed by atoms with Crippen LogP contribution in [0.2, 0.25) is 0 Å². The number of nitrogens with zero attached hydrogens (tertiary/aromatic N) is 2. The van der Waals surface area contributed by atoms with Gasteiger partial charge in [0.1, 0.15) is 11.4 Å². The van der Waals surface area contributed by atoms with E-state index in [1.807, 2.05) is 11.9 Å². The third-order valence-corrected chi connectivity index (χ3v) is 6.47. The van der Waals surface area contributed by atoms with Crippen LogP contribution < -0.4 is 0 Å². The van der Waals surface area contributed by atoms with Crippen LogP contribution in [0.1, 0.15) is 54.4 Å². The predicted octanol–water partition coefficient (Wildman–Crippen LogP) is 2.50. The van der Waals surface area contributed by atoms with E-state index in [1.54, 1.807) is 12.1 Å². The van der Waals surface area contributed by atoms with Gasteiger partial charge in [-0.05, 0) is 63.7 Å². The summed E-state index contributed by atoms with van der Waals surface area (Å²) in [6.07, 6.45) is 5.29. The Balaban J connectivity index is 1.36. The number of rotatable bonds is 4. The van der Waals surface area contributed by atoms with E-state index >= 15 is 0 Å². The topological polar surface area (TPSA) is 70.1 Å². The molecule has 1 amide bonds. The number of likely N-dealkylation sites (N-methyl/N-ethyl adjacent to an activating group) is 1. The molecule has 0 radical (unpaired) electrons. The van der Waals surface area contributed by atoms with Gasteiger partial charge in [0.15, 0.2) is 0 Å². The number of phenolic OH excluding ortho intramolecular Hbond substituents is 1. The van der Waals surface area contributed by atoms with E-state index in [1.165, 1.54) is 18.9 Å². The Hall–Kier alpha value is -2.08. The quantitative estimate of drug-likeness (QED) is 0.823. The number of carbonyl (C=O) groups excluding carboxylic acids is 2. The molecule has 1 saturated carbocycles. The number of fused-ring (bicyclic) bond motifs is 2. The lowest BCUT2D eigenvalue weighted by molar-refractivity contribution is -0.137. The number of phenols is 1. The van der Waals surface area contributed by atoms with Crippen molar-refractivity contribution in [3.8, 4) is 5.75 Å². The highest BCUT2D eigenvalue weighted by Gasteiger charge is 2.48. The van der Waals surface area contributed by atoms with Crippen molar-refractivity contribution in [3.63, 3.8) is 0 Å². The van der Waals surface area contributed by atoms with Gasteiger partial charge in [0.25, 0.3) is 0 Å². The molecule has 0 atom stereocenters. The van der Waals surface area contributed by atoms with E-state index in [-0.39, 0.29) is 23.5 Å². The lowest BCUT2D eigenvalue weighted by Gasteiger charge is -2.37. The maximum absolute atomic E-state index is 12.8. The van der Waals surface area contributed by atoms with E-state index < -0.39 is 5.60 Å². The normalized spacial score (nSPS) is 27.6. The van der Waals surface area contributed by atoms with Gasteiger partial charge < -0.3 is 19.6 Å². The number of aromatic hydroxyl groups is 1. The molecule has 4 rings (SSSR count). The zero-order valence-electron chi connectivity index (χ0n) is 15.9. The van der Waals surface area contributed by atoms with Crippen LogP contribution >= 0.6 is 0 Å². The highest BCUT2D eigenvalue weighted by Crippen LogP contribution is 2.48. The minimum atomic E-state index is -0.620. The fourth-order valence-corrected chi connectivity index (χ4v) is 4.81. The number of carbonyl (C=O) groups is 2. The molecular weight excluding hydrogens is 344 g/mol. The summed E-state index contributed by atoms with van der Waals surface area (Å²) in [7, 11) is 1.90. The van der Waals surface area contributed by atoms with Gasteiger partial charge in [-0.3, -0.25) is 4.79 Å². The minimum absolute atomic E-state index is 0.000861. The van der Waals surface area contributed by atoms with Gasteiger partial charge in [0.05, 0.1) is 5.56 Å². The second-order valence-electron chi connectivity index (χ2n) is 8.20. The summed E-state index contributed by atoms with van der Waals surface area (Å²) in [5.74, 6) is -0.0852. The van der Waals surface area contributed by atoms with Crippen molar-refractivity contribution >= 4 is 11.9 Å². The second-order valence-corrected chi connectivity index (χ2v) is 8.20. The molecule has 0 aromatic heterocycles. The van der Waals surface area contributed by atoms with Crippen molar-refractivity contribution < 1.29 is 19.4 Å². The molecule has 3 aliphatic rings. The van der Waals surface area contributed by atoms with E-state index in [2.05, 4.69) is 4.90 Å². The summed E-state index contributed by atoms with van der Waals surface area (Å²) in [5.41, 5.74) is 0.700. The van der Waals surface area contributed by atoms with E-state index in [4.69, 9.17) is 4.74 Å². The Morgan fingerprint density at radius 1 is 1.30 bits per heavy atom. The van der Waals surface area contributed by atoms with Gasteiger partial charge in [-0.25, -0.2) is 4.79 Å². The molecule has 1 saturated heterocycles. The lowest BCUT2D eigenvalue weighted by Crippen LogP contribution is -2.41. The maximum atomic E-state index is 12.8. The summed E-state index contributed by atoms with van der Waals surface area (Å²) in [6.45, 7) is 4.02. The van der Waals surface area contributed by atoms with E-state index in [0.717, 1.165) is 44.6 Å².